The number of hydrogen-bond donors (Lipinski definition) is 0. The number of carbonyl (C=O) groups excluding carboxylic acids is 1. The smallest absolute Gasteiger partial charge is 0.249 e. The van der Waals surface area contributed by atoms with Crippen molar-refractivity contribution in [2.45, 2.75) is 33.6 Å². The predicted octanol–water partition coefficient (Wildman–Crippen LogP) is 2.21. The molecule has 0 atom stereocenters. The Morgan fingerprint density at radius 3 is 2.57 bits per heavy atom. The standard InChI is InChI=1S/C12H19NO/c1-5-8-11(4)12(14)13(9-6-2)10-7-3/h2,8H,5,7,9-10H2,1,3-4H3. The van der Waals surface area contributed by atoms with Crippen LogP contribution in [0, 0.1) is 12.3 Å². The molecule has 0 bridgehead atoms. The number of hydrogen-bond acceptors (Lipinski definition) is 1. The second-order valence-electron chi connectivity index (χ2n) is 3.23. The van der Waals surface area contributed by atoms with E-state index < -0.39 is 0 Å². The second-order valence-corrected chi connectivity index (χ2v) is 3.23. The Hall–Kier alpha value is -1.23. The van der Waals surface area contributed by atoms with E-state index in [1.54, 1.807) is 4.90 Å². The molecular formula is C12H19NO. The molecule has 0 rings (SSSR count). The lowest BCUT2D eigenvalue weighted by Crippen LogP contribution is -2.32. The molecule has 0 aliphatic rings. The van der Waals surface area contributed by atoms with E-state index in [4.69, 9.17) is 6.42 Å². The summed E-state index contributed by atoms with van der Waals surface area (Å²) in [6, 6.07) is 0. The van der Waals surface area contributed by atoms with Crippen LogP contribution >= 0.6 is 0 Å². The molecule has 0 aromatic rings. The van der Waals surface area contributed by atoms with E-state index >= 15 is 0 Å². The SMILES string of the molecule is C#CCN(CCC)C(=O)C(C)=CCC. The highest BCUT2D eigenvalue weighted by Crippen LogP contribution is 2.03. The minimum Gasteiger partial charge on any atom is -0.328 e. The zero-order valence-corrected chi connectivity index (χ0v) is 9.34. The largest absolute Gasteiger partial charge is 0.328 e. The van der Waals surface area contributed by atoms with Crippen molar-refractivity contribution in [3.8, 4) is 12.3 Å². The van der Waals surface area contributed by atoms with Crippen LogP contribution < -0.4 is 0 Å². The van der Waals surface area contributed by atoms with Gasteiger partial charge in [0, 0.05) is 12.1 Å². The van der Waals surface area contributed by atoms with Gasteiger partial charge in [-0.05, 0) is 19.8 Å². The monoisotopic (exact) mass is 193 g/mol. The van der Waals surface area contributed by atoms with Gasteiger partial charge in [0.1, 0.15) is 0 Å². The van der Waals surface area contributed by atoms with Gasteiger partial charge in [0.2, 0.25) is 5.91 Å². The molecule has 0 saturated carbocycles. The molecule has 0 aliphatic carbocycles. The molecule has 2 nitrogen and oxygen atoms in total. The lowest BCUT2D eigenvalue weighted by atomic mass is 10.2. The fourth-order valence-corrected chi connectivity index (χ4v) is 1.28. The maximum Gasteiger partial charge on any atom is 0.249 e. The predicted molar refractivity (Wildman–Crippen MR) is 59.8 cm³/mol. The Kier molecular flexibility index (Phi) is 6.57. The zero-order valence-electron chi connectivity index (χ0n) is 9.34. The maximum absolute atomic E-state index is 11.8. The molecule has 78 valence electrons. The molecule has 0 aliphatic heterocycles. The number of terminal acetylenes is 1. The summed E-state index contributed by atoms with van der Waals surface area (Å²) < 4.78 is 0. The summed E-state index contributed by atoms with van der Waals surface area (Å²) in [5.74, 6) is 2.57. The van der Waals surface area contributed by atoms with Crippen molar-refractivity contribution in [3.63, 3.8) is 0 Å². The van der Waals surface area contributed by atoms with Gasteiger partial charge in [0.15, 0.2) is 0 Å². The van der Waals surface area contributed by atoms with Gasteiger partial charge in [0.05, 0.1) is 6.54 Å². The average Bonchev–Trinajstić information content (AvgIpc) is 2.17. The third kappa shape index (κ3) is 4.13. The Balaban J connectivity index is 4.43. The number of amides is 1. The quantitative estimate of drug-likeness (QED) is 0.484. The molecule has 0 aromatic heterocycles. The highest BCUT2D eigenvalue weighted by Gasteiger charge is 2.12. The van der Waals surface area contributed by atoms with Crippen molar-refractivity contribution in [3.05, 3.63) is 11.6 Å². The van der Waals surface area contributed by atoms with Crippen LogP contribution in [0.15, 0.2) is 11.6 Å². The van der Waals surface area contributed by atoms with Gasteiger partial charge < -0.3 is 4.90 Å². The van der Waals surface area contributed by atoms with Gasteiger partial charge in [-0.1, -0.05) is 25.8 Å². The van der Waals surface area contributed by atoms with Crippen LogP contribution in [0.3, 0.4) is 0 Å². The first-order valence-electron chi connectivity index (χ1n) is 5.06. The minimum atomic E-state index is 0.0617. The van der Waals surface area contributed by atoms with Crippen LogP contribution in [-0.2, 0) is 4.79 Å². The highest BCUT2D eigenvalue weighted by molar-refractivity contribution is 5.92. The van der Waals surface area contributed by atoms with E-state index in [0.29, 0.717) is 6.54 Å². The van der Waals surface area contributed by atoms with Crippen molar-refractivity contribution in [1.82, 2.24) is 4.90 Å². The molecule has 14 heavy (non-hydrogen) atoms. The van der Waals surface area contributed by atoms with Crippen LogP contribution in [0.1, 0.15) is 33.6 Å². The molecule has 1 amide bonds. The van der Waals surface area contributed by atoms with E-state index in [2.05, 4.69) is 5.92 Å². The van der Waals surface area contributed by atoms with E-state index in [1.165, 1.54) is 0 Å². The Labute approximate surface area is 87.0 Å². The molecule has 0 radical (unpaired) electrons. The van der Waals surface area contributed by atoms with Gasteiger partial charge in [-0.3, -0.25) is 4.79 Å². The summed E-state index contributed by atoms with van der Waals surface area (Å²) in [6.45, 7) is 7.03. The molecule has 0 fully saturated rings. The van der Waals surface area contributed by atoms with Crippen LogP contribution in [-0.4, -0.2) is 23.9 Å². The van der Waals surface area contributed by atoms with Crippen LogP contribution in [0.4, 0.5) is 0 Å². The van der Waals surface area contributed by atoms with E-state index in [0.717, 1.165) is 25.0 Å². The van der Waals surface area contributed by atoms with E-state index in [1.807, 2.05) is 26.8 Å². The fourth-order valence-electron chi connectivity index (χ4n) is 1.28. The maximum atomic E-state index is 11.8. The van der Waals surface area contributed by atoms with Crippen molar-refractivity contribution >= 4 is 5.91 Å². The second kappa shape index (κ2) is 7.20. The van der Waals surface area contributed by atoms with Crippen molar-refractivity contribution < 1.29 is 4.79 Å². The summed E-state index contributed by atoms with van der Waals surface area (Å²) in [5.41, 5.74) is 0.788. The van der Waals surface area contributed by atoms with Crippen LogP contribution in [0.25, 0.3) is 0 Å². The third-order valence-electron chi connectivity index (χ3n) is 1.91. The van der Waals surface area contributed by atoms with Gasteiger partial charge in [0.25, 0.3) is 0 Å². The van der Waals surface area contributed by atoms with E-state index in [-0.39, 0.29) is 5.91 Å². The summed E-state index contributed by atoms with van der Waals surface area (Å²) in [7, 11) is 0. The molecule has 0 spiro atoms. The van der Waals surface area contributed by atoms with Gasteiger partial charge in [-0.25, -0.2) is 0 Å². The van der Waals surface area contributed by atoms with Gasteiger partial charge >= 0.3 is 0 Å². The lowest BCUT2D eigenvalue weighted by Gasteiger charge is -2.19. The third-order valence-corrected chi connectivity index (χ3v) is 1.91. The Morgan fingerprint density at radius 1 is 1.50 bits per heavy atom. The molecule has 2 heteroatoms. The molecule has 0 saturated heterocycles. The zero-order chi connectivity index (χ0) is 11.0. The molecule has 0 unspecified atom stereocenters. The number of nitrogens with zero attached hydrogens (tertiary/aromatic N) is 1. The fraction of sp³-hybridized carbons (Fsp3) is 0.583. The summed E-state index contributed by atoms with van der Waals surface area (Å²) in [6.07, 6.45) is 8.96. The van der Waals surface area contributed by atoms with Gasteiger partial charge in [-0.15, -0.1) is 6.42 Å². The first kappa shape index (κ1) is 12.8. The highest BCUT2D eigenvalue weighted by atomic mass is 16.2. The number of rotatable bonds is 5. The molecule has 0 aromatic carbocycles. The van der Waals surface area contributed by atoms with Crippen molar-refractivity contribution in [2.75, 3.05) is 13.1 Å². The molecule has 0 N–H and O–H groups in total. The van der Waals surface area contributed by atoms with Crippen LogP contribution in [0.5, 0.6) is 0 Å². The number of allylic oxidation sites excluding steroid dienone is 1. The number of carbonyl (C=O) groups is 1. The average molecular weight is 193 g/mol. The van der Waals surface area contributed by atoms with E-state index in [9.17, 15) is 4.79 Å². The van der Waals surface area contributed by atoms with Crippen LogP contribution in [0.2, 0.25) is 0 Å². The topological polar surface area (TPSA) is 20.3 Å². The molecule has 0 heterocycles. The summed E-state index contributed by atoms with van der Waals surface area (Å²) in [4.78, 5) is 13.5. The Morgan fingerprint density at radius 2 is 2.14 bits per heavy atom. The Bertz CT molecular complexity index is 248. The summed E-state index contributed by atoms with van der Waals surface area (Å²) in [5, 5.41) is 0. The molecular weight excluding hydrogens is 174 g/mol. The summed E-state index contributed by atoms with van der Waals surface area (Å²) >= 11 is 0. The minimum absolute atomic E-state index is 0.0617. The van der Waals surface area contributed by atoms with Crippen molar-refractivity contribution in [2.24, 2.45) is 0 Å². The normalized spacial score (nSPS) is 10.9. The first-order chi connectivity index (χ1) is 6.67. The van der Waals surface area contributed by atoms with Gasteiger partial charge in [-0.2, -0.15) is 0 Å². The lowest BCUT2D eigenvalue weighted by molar-refractivity contribution is -0.126. The first-order valence-corrected chi connectivity index (χ1v) is 5.06. The van der Waals surface area contributed by atoms with Crippen molar-refractivity contribution in [1.29, 1.82) is 0 Å².